The number of carbonyl (C=O) groups excluding carboxylic acids is 1. The molecule has 3 aromatic rings. The van der Waals surface area contributed by atoms with Gasteiger partial charge in [-0.2, -0.15) is 0 Å². The molecule has 1 atom stereocenters. The number of aliphatic imine (C=N–C) groups is 1. The van der Waals surface area contributed by atoms with Gasteiger partial charge in [0.05, 0.1) is 23.9 Å². The highest BCUT2D eigenvalue weighted by Crippen LogP contribution is 2.37. The summed E-state index contributed by atoms with van der Waals surface area (Å²) < 4.78 is 1.50. The molecule has 28 heavy (non-hydrogen) atoms. The topological polar surface area (TPSA) is 90.3 Å². The van der Waals surface area contributed by atoms with Crippen molar-refractivity contribution in [1.29, 1.82) is 0 Å². The Labute approximate surface area is 166 Å². The number of pyridine rings is 2. The minimum absolute atomic E-state index is 0.00868. The van der Waals surface area contributed by atoms with Crippen LogP contribution in [0.2, 0.25) is 5.02 Å². The van der Waals surface area contributed by atoms with E-state index in [0.29, 0.717) is 22.0 Å². The summed E-state index contributed by atoms with van der Waals surface area (Å²) in [6.07, 6.45) is 3.44. The number of hydrogen-bond donors (Lipinski definition) is 1. The maximum absolute atomic E-state index is 12.3. The molecule has 2 aromatic heterocycles. The normalized spacial score (nSPS) is 15.2. The van der Waals surface area contributed by atoms with E-state index in [4.69, 9.17) is 22.3 Å². The van der Waals surface area contributed by atoms with Gasteiger partial charge in [0.15, 0.2) is 0 Å². The van der Waals surface area contributed by atoms with Crippen LogP contribution in [0, 0.1) is 0 Å². The molecule has 1 unspecified atom stereocenters. The van der Waals surface area contributed by atoms with Crippen molar-refractivity contribution in [3.63, 3.8) is 0 Å². The first-order valence-electron chi connectivity index (χ1n) is 8.72. The van der Waals surface area contributed by atoms with Gasteiger partial charge < -0.3 is 10.3 Å². The predicted octanol–water partition coefficient (Wildman–Crippen LogP) is 2.87. The molecule has 4 rings (SSSR count). The van der Waals surface area contributed by atoms with Gasteiger partial charge in [-0.25, -0.2) is 0 Å². The predicted molar refractivity (Wildman–Crippen MR) is 109 cm³/mol. The van der Waals surface area contributed by atoms with Gasteiger partial charge >= 0.3 is 0 Å². The lowest BCUT2D eigenvalue weighted by Crippen LogP contribution is -2.20. The number of carbonyl (C=O) groups is 1. The van der Waals surface area contributed by atoms with Crippen LogP contribution >= 0.6 is 11.6 Å². The van der Waals surface area contributed by atoms with E-state index in [9.17, 15) is 9.59 Å². The first kappa shape index (κ1) is 18.1. The number of fused-ring (bicyclic) bond motifs is 3. The molecule has 0 aliphatic carbocycles. The van der Waals surface area contributed by atoms with Crippen LogP contribution in [-0.4, -0.2) is 21.2 Å². The number of aryl methyl sites for hydroxylation is 1. The second-order valence-corrected chi connectivity index (χ2v) is 7.10. The Morgan fingerprint density at radius 1 is 1.21 bits per heavy atom. The highest BCUT2D eigenvalue weighted by Gasteiger charge is 2.27. The largest absolute Gasteiger partial charge is 0.370 e. The molecule has 6 nitrogen and oxygen atoms in total. The quantitative estimate of drug-likeness (QED) is 0.743. The summed E-state index contributed by atoms with van der Waals surface area (Å²) in [6, 6.07) is 12.0. The van der Waals surface area contributed by atoms with Gasteiger partial charge in [0.25, 0.3) is 5.56 Å². The fourth-order valence-corrected chi connectivity index (χ4v) is 3.53. The molecule has 0 bridgehead atoms. The van der Waals surface area contributed by atoms with Gasteiger partial charge in [-0.3, -0.25) is 19.6 Å². The van der Waals surface area contributed by atoms with Crippen LogP contribution in [0.5, 0.6) is 0 Å². The highest BCUT2D eigenvalue weighted by atomic mass is 35.5. The van der Waals surface area contributed by atoms with E-state index in [1.165, 1.54) is 10.6 Å². The summed E-state index contributed by atoms with van der Waals surface area (Å²) in [7, 11) is 1.69. The lowest BCUT2D eigenvalue weighted by atomic mass is 9.94. The van der Waals surface area contributed by atoms with Crippen molar-refractivity contribution in [2.24, 2.45) is 17.8 Å². The fraction of sp³-hybridized carbons (Fsp3) is 0.143. The summed E-state index contributed by atoms with van der Waals surface area (Å²) in [5, 5.41) is 0.610. The molecule has 0 spiro atoms. The van der Waals surface area contributed by atoms with Crippen LogP contribution in [0.1, 0.15) is 29.3 Å². The molecule has 0 radical (unpaired) electrons. The molecule has 0 fully saturated rings. The first-order valence-corrected chi connectivity index (χ1v) is 9.10. The average molecular weight is 393 g/mol. The smallest absolute Gasteiger partial charge is 0.250 e. The Balaban J connectivity index is 2.04. The van der Waals surface area contributed by atoms with Crippen LogP contribution in [-0.2, 0) is 11.8 Å². The van der Waals surface area contributed by atoms with Crippen molar-refractivity contribution >= 4 is 23.2 Å². The monoisotopic (exact) mass is 392 g/mol. The first-order chi connectivity index (χ1) is 13.4. The van der Waals surface area contributed by atoms with E-state index < -0.39 is 11.9 Å². The zero-order chi connectivity index (χ0) is 19.8. The molecule has 7 heteroatoms. The Morgan fingerprint density at radius 2 is 1.96 bits per heavy atom. The van der Waals surface area contributed by atoms with Crippen LogP contribution in [0.4, 0.5) is 0 Å². The highest BCUT2D eigenvalue weighted by molar-refractivity contribution is 6.30. The minimum atomic E-state index is -0.582. The zero-order valence-electron chi connectivity index (χ0n) is 15.1. The van der Waals surface area contributed by atoms with Gasteiger partial charge in [-0.05, 0) is 23.8 Å². The Kier molecular flexibility index (Phi) is 4.57. The zero-order valence-corrected chi connectivity index (χ0v) is 15.8. The third kappa shape index (κ3) is 3.23. The summed E-state index contributed by atoms with van der Waals surface area (Å²) in [4.78, 5) is 33.4. The number of halogens is 1. The van der Waals surface area contributed by atoms with Crippen LogP contribution in [0.15, 0.2) is 64.6 Å². The Bertz CT molecular complexity index is 1170. The van der Waals surface area contributed by atoms with Crippen molar-refractivity contribution in [2.45, 2.75) is 12.5 Å². The number of nitrogens with two attached hydrogens (primary N) is 1. The van der Waals surface area contributed by atoms with E-state index in [-0.39, 0.29) is 12.0 Å². The third-order valence-electron chi connectivity index (χ3n) is 4.74. The van der Waals surface area contributed by atoms with Gasteiger partial charge in [-0.15, -0.1) is 0 Å². The number of nitrogens with zero attached hydrogens (tertiary/aromatic N) is 3. The number of primary amides is 1. The van der Waals surface area contributed by atoms with E-state index in [1.807, 2.05) is 24.3 Å². The maximum Gasteiger partial charge on any atom is 0.250 e. The van der Waals surface area contributed by atoms with E-state index in [0.717, 1.165) is 16.7 Å². The molecular formula is C21H17ClN4O2. The van der Waals surface area contributed by atoms with Gasteiger partial charge in [0, 0.05) is 47.2 Å². The number of rotatable bonds is 3. The van der Waals surface area contributed by atoms with Crippen LogP contribution in [0.25, 0.3) is 11.1 Å². The SMILES string of the molecule is Cn1cc2c(cc1=O)C(CC(N)=O)N=C(c1ccc(Cl)cc1)c1ncccc1-2. The minimum Gasteiger partial charge on any atom is -0.370 e. The Morgan fingerprint density at radius 3 is 2.68 bits per heavy atom. The molecule has 3 heterocycles. The molecule has 2 N–H and O–H groups in total. The van der Waals surface area contributed by atoms with Gasteiger partial charge in [-0.1, -0.05) is 29.8 Å². The second-order valence-electron chi connectivity index (χ2n) is 6.66. The second kappa shape index (κ2) is 7.05. The lowest BCUT2D eigenvalue weighted by molar-refractivity contribution is -0.118. The van der Waals surface area contributed by atoms with Gasteiger partial charge in [0.1, 0.15) is 0 Å². The molecule has 0 saturated carbocycles. The van der Waals surface area contributed by atoms with Crippen LogP contribution < -0.4 is 11.3 Å². The number of benzene rings is 1. The molecule has 1 amide bonds. The molecule has 140 valence electrons. The van der Waals surface area contributed by atoms with E-state index in [2.05, 4.69) is 4.98 Å². The summed E-state index contributed by atoms with van der Waals surface area (Å²) >= 11 is 6.03. The maximum atomic E-state index is 12.3. The van der Waals surface area contributed by atoms with Crippen LogP contribution in [0.3, 0.4) is 0 Å². The fourth-order valence-electron chi connectivity index (χ4n) is 3.41. The van der Waals surface area contributed by atoms with Crippen molar-refractivity contribution in [2.75, 3.05) is 0 Å². The molecule has 1 aliphatic heterocycles. The van der Waals surface area contributed by atoms with Crippen molar-refractivity contribution < 1.29 is 4.79 Å². The van der Waals surface area contributed by atoms with E-state index >= 15 is 0 Å². The summed E-state index contributed by atoms with van der Waals surface area (Å²) in [5.74, 6) is -0.491. The lowest BCUT2D eigenvalue weighted by Gasteiger charge is -2.15. The van der Waals surface area contributed by atoms with Crippen molar-refractivity contribution in [1.82, 2.24) is 9.55 Å². The molecule has 1 aliphatic rings. The van der Waals surface area contributed by atoms with Crippen molar-refractivity contribution in [3.8, 4) is 11.1 Å². The van der Waals surface area contributed by atoms with E-state index in [1.54, 1.807) is 31.6 Å². The molecular weight excluding hydrogens is 376 g/mol. The average Bonchev–Trinajstić information content (AvgIpc) is 2.79. The number of amides is 1. The number of hydrogen-bond acceptors (Lipinski definition) is 4. The summed E-state index contributed by atoms with van der Waals surface area (Å²) in [5.41, 5.74) is 9.75. The van der Waals surface area contributed by atoms with Crippen molar-refractivity contribution in [3.05, 3.63) is 87.1 Å². The standard InChI is InChI=1S/C21H17ClN4O2/c1-26-11-16-14-3-2-8-24-21(14)20(12-4-6-13(22)7-5-12)25-17(10-18(23)27)15(16)9-19(26)28/h2-9,11,17H,10H2,1H3,(H2,23,27). The van der Waals surface area contributed by atoms with Gasteiger partial charge in [0.2, 0.25) is 5.91 Å². The molecule has 1 aromatic carbocycles. The Hall–Kier alpha value is -3.25. The third-order valence-corrected chi connectivity index (χ3v) is 4.99. The summed E-state index contributed by atoms with van der Waals surface area (Å²) in [6.45, 7) is 0. The number of aromatic nitrogens is 2. The molecule has 0 saturated heterocycles.